The lowest BCUT2D eigenvalue weighted by atomic mass is 10.2. The van der Waals surface area contributed by atoms with Gasteiger partial charge in [0.05, 0.1) is 17.0 Å². The molecule has 112 valence electrons. The molecule has 0 amide bonds. The molecule has 1 N–H and O–H groups in total. The second-order valence-electron chi connectivity index (χ2n) is 4.73. The molecule has 0 saturated carbocycles. The third kappa shape index (κ3) is 3.03. The summed E-state index contributed by atoms with van der Waals surface area (Å²) < 4.78 is 5.73. The van der Waals surface area contributed by atoms with Crippen LogP contribution in [0.5, 0.6) is 5.88 Å². The topological polar surface area (TPSA) is 89.7 Å². The molecule has 1 aliphatic heterocycles. The number of benzene rings is 1. The van der Waals surface area contributed by atoms with Crippen molar-refractivity contribution in [3.05, 3.63) is 63.8 Å². The van der Waals surface area contributed by atoms with Gasteiger partial charge in [-0.05, 0) is 29.8 Å². The molecule has 0 radical (unpaired) electrons. The van der Waals surface area contributed by atoms with E-state index < -0.39 is 4.92 Å². The quantitative estimate of drug-likeness (QED) is 0.673. The lowest BCUT2D eigenvalue weighted by molar-refractivity contribution is -0.384. The lowest BCUT2D eigenvalue weighted by Gasteiger charge is -2.10. The summed E-state index contributed by atoms with van der Waals surface area (Å²) in [6.07, 6.45) is 1.66. The van der Waals surface area contributed by atoms with Crippen molar-refractivity contribution in [1.82, 2.24) is 10.3 Å². The molecular weight excluding hydrogens is 284 g/mol. The summed E-state index contributed by atoms with van der Waals surface area (Å²) in [5, 5.41) is 13.8. The average Bonchev–Trinajstić information content (AvgIpc) is 3.08. The summed E-state index contributed by atoms with van der Waals surface area (Å²) in [5.41, 5.74) is 1.72. The van der Waals surface area contributed by atoms with Crippen LogP contribution in [0.1, 0.15) is 11.1 Å². The normalized spacial score (nSPS) is 13.4. The van der Waals surface area contributed by atoms with E-state index in [2.05, 4.69) is 15.3 Å². The van der Waals surface area contributed by atoms with Crippen molar-refractivity contribution in [3.63, 3.8) is 0 Å². The van der Waals surface area contributed by atoms with Gasteiger partial charge in [0.15, 0.2) is 0 Å². The molecule has 3 rings (SSSR count). The fraction of sp³-hybridized carbons (Fsp3) is 0.200. The minimum atomic E-state index is -0.425. The van der Waals surface area contributed by atoms with Crippen LogP contribution in [0.3, 0.4) is 0 Å². The number of aromatic nitrogens is 1. The molecule has 2 aromatic rings. The smallest absolute Gasteiger partial charge is 0.269 e. The van der Waals surface area contributed by atoms with Crippen LogP contribution < -0.4 is 10.1 Å². The lowest BCUT2D eigenvalue weighted by Crippen LogP contribution is -2.20. The van der Waals surface area contributed by atoms with Gasteiger partial charge in [-0.1, -0.05) is 0 Å². The molecule has 0 unspecified atom stereocenters. The zero-order chi connectivity index (χ0) is 15.4. The van der Waals surface area contributed by atoms with Crippen LogP contribution in [-0.2, 0) is 6.61 Å². The van der Waals surface area contributed by atoms with Gasteiger partial charge in [0, 0.05) is 24.9 Å². The summed E-state index contributed by atoms with van der Waals surface area (Å²) >= 11 is 0. The van der Waals surface area contributed by atoms with Crippen molar-refractivity contribution < 1.29 is 9.66 Å². The Balaban J connectivity index is 1.72. The molecule has 0 atom stereocenters. The maximum atomic E-state index is 10.6. The Morgan fingerprint density at radius 3 is 2.77 bits per heavy atom. The number of hydrogen-bond donors (Lipinski definition) is 1. The molecule has 7 nitrogen and oxygen atoms in total. The molecule has 1 aromatic carbocycles. The first-order valence-electron chi connectivity index (χ1n) is 6.84. The van der Waals surface area contributed by atoms with Crippen LogP contribution >= 0.6 is 0 Å². The first-order chi connectivity index (χ1) is 10.7. The second-order valence-corrected chi connectivity index (χ2v) is 4.73. The minimum absolute atomic E-state index is 0.0618. The Morgan fingerprint density at radius 2 is 2.09 bits per heavy atom. The molecule has 0 saturated heterocycles. The van der Waals surface area contributed by atoms with Crippen molar-refractivity contribution in [2.45, 2.75) is 6.61 Å². The van der Waals surface area contributed by atoms with E-state index in [0.717, 1.165) is 30.1 Å². The summed E-state index contributed by atoms with van der Waals surface area (Å²) in [6, 6.07) is 9.99. The second kappa shape index (κ2) is 6.21. The van der Waals surface area contributed by atoms with E-state index in [1.54, 1.807) is 18.3 Å². The van der Waals surface area contributed by atoms with Crippen LogP contribution in [0.15, 0.2) is 47.6 Å². The third-order valence-electron chi connectivity index (χ3n) is 3.22. The van der Waals surface area contributed by atoms with Crippen LogP contribution in [0, 0.1) is 10.1 Å². The van der Waals surface area contributed by atoms with Gasteiger partial charge in [0.25, 0.3) is 5.69 Å². The molecule has 2 heterocycles. The van der Waals surface area contributed by atoms with Gasteiger partial charge in [0.2, 0.25) is 5.88 Å². The maximum Gasteiger partial charge on any atom is 0.269 e. The highest BCUT2D eigenvalue weighted by atomic mass is 16.6. The van der Waals surface area contributed by atoms with Crippen LogP contribution in [0.4, 0.5) is 5.69 Å². The first-order valence-corrected chi connectivity index (χ1v) is 6.84. The molecule has 0 spiro atoms. The van der Waals surface area contributed by atoms with Crippen LogP contribution in [0.25, 0.3) is 0 Å². The number of nitro benzene ring substituents is 1. The summed E-state index contributed by atoms with van der Waals surface area (Å²) in [5.74, 6) is 1.28. The van der Waals surface area contributed by atoms with E-state index >= 15 is 0 Å². The van der Waals surface area contributed by atoms with Crippen molar-refractivity contribution in [1.29, 1.82) is 0 Å². The van der Waals surface area contributed by atoms with E-state index in [1.807, 2.05) is 12.1 Å². The van der Waals surface area contributed by atoms with Crippen molar-refractivity contribution >= 4 is 11.5 Å². The zero-order valence-electron chi connectivity index (χ0n) is 11.7. The van der Waals surface area contributed by atoms with Crippen LogP contribution in [-0.4, -0.2) is 28.8 Å². The molecule has 0 fully saturated rings. The molecule has 1 aliphatic rings. The standard InChI is InChI=1S/C15H14N4O3/c20-19(21)12-5-3-11(4-6-12)10-22-15-13(2-1-7-18-15)14-16-8-9-17-14/h1-7H,8-10H2,(H,16,17). The highest BCUT2D eigenvalue weighted by Gasteiger charge is 2.14. The number of nitro groups is 1. The number of aliphatic imine (C=N–C) groups is 1. The van der Waals surface area contributed by atoms with Gasteiger partial charge in [-0.25, -0.2) is 4.98 Å². The number of amidine groups is 1. The van der Waals surface area contributed by atoms with E-state index in [4.69, 9.17) is 4.74 Å². The predicted molar refractivity (Wildman–Crippen MR) is 81.1 cm³/mol. The summed E-state index contributed by atoms with van der Waals surface area (Å²) in [4.78, 5) is 18.8. The SMILES string of the molecule is O=[N+]([O-])c1ccc(COc2ncccc2C2=NCCN2)cc1. The maximum absolute atomic E-state index is 10.6. The van der Waals surface area contributed by atoms with Gasteiger partial charge < -0.3 is 10.1 Å². The number of ether oxygens (including phenoxy) is 1. The molecular formula is C15H14N4O3. The number of non-ortho nitro benzene ring substituents is 1. The Kier molecular flexibility index (Phi) is 3.95. The third-order valence-corrected chi connectivity index (χ3v) is 3.22. The van der Waals surface area contributed by atoms with E-state index in [-0.39, 0.29) is 12.3 Å². The molecule has 22 heavy (non-hydrogen) atoms. The fourth-order valence-corrected chi connectivity index (χ4v) is 2.13. The van der Waals surface area contributed by atoms with E-state index in [0.29, 0.717) is 5.88 Å². The van der Waals surface area contributed by atoms with Crippen LogP contribution in [0.2, 0.25) is 0 Å². The summed E-state index contributed by atoms with van der Waals surface area (Å²) in [6.45, 7) is 1.84. The number of nitrogens with zero attached hydrogens (tertiary/aromatic N) is 3. The Bertz CT molecular complexity index is 713. The largest absolute Gasteiger partial charge is 0.472 e. The number of pyridine rings is 1. The van der Waals surface area contributed by atoms with Gasteiger partial charge in [0.1, 0.15) is 12.4 Å². The monoisotopic (exact) mass is 298 g/mol. The number of rotatable bonds is 5. The van der Waals surface area contributed by atoms with Gasteiger partial charge in [-0.15, -0.1) is 0 Å². The van der Waals surface area contributed by atoms with Crippen molar-refractivity contribution in [2.75, 3.05) is 13.1 Å². The van der Waals surface area contributed by atoms with Gasteiger partial charge >= 0.3 is 0 Å². The Morgan fingerprint density at radius 1 is 1.27 bits per heavy atom. The fourth-order valence-electron chi connectivity index (χ4n) is 2.13. The van der Waals surface area contributed by atoms with E-state index in [1.165, 1.54) is 12.1 Å². The predicted octanol–water partition coefficient (Wildman–Crippen LogP) is 1.92. The Hall–Kier alpha value is -2.96. The Labute approximate surface area is 126 Å². The average molecular weight is 298 g/mol. The molecule has 1 aromatic heterocycles. The molecule has 0 bridgehead atoms. The number of hydrogen-bond acceptors (Lipinski definition) is 6. The first kappa shape index (κ1) is 14.0. The van der Waals surface area contributed by atoms with Crippen molar-refractivity contribution in [2.24, 2.45) is 4.99 Å². The van der Waals surface area contributed by atoms with Crippen molar-refractivity contribution in [3.8, 4) is 5.88 Å². The zero-order valence-corrected chi connectivity index (χ0v) is 11.7. The van der Waals surface area contributed by atoms with Gasteiger partial charge in [-0.3, -0.25) is 15.1 Å². The van der Waals surface area contributed by atoms with Gasteiger partial charge in [-0.2, -0.15) is 0 Å². The highest BCUT2D eigenvalue weighted by molar-refractivity contribution is 6.01. The molecule has 7 heteroatoms. The minimum Gasteiger partial charge on any atom is -0.472 e. The molecule has 0 aliphatic carbocycles. The number of nitrogens with one attached hydrogen (secondary N) is 1. The van der Waals surface area contributed by atoms with E-state index in [9.17, 15) is 10.1 Å². The summed E-state index contributed by atoms with van der Waals surface area (Å²) in [7, 11) is 0. The highest BCUT2D eigenvalue weighted by Crippen LogP contribution is 2.18.